The number of nitrogens with zero attached hydrogens (tertiary/aromatic N) is 5. The number of anilines is 2. The summed E-state index contributed by atoms with van der Waals surface area (Å²) in [5, 5.41) is 3.38. The summed E-state index contributed by atoms with van der Waals surface area (Å²) in [5.74, 6) is -1.07. The van der Waals surface area contributed by atoms with Crippen LogP contribution in [0.15, 0.2) is 12.1 Å². The molecule has 6 heterocycles. The first-order valence-electron chi connectivity index (χ1n) is 14.5. The first-order valence-corrected chi connectivity index (χ1v) is 14.9. The van der Waals surface area contributed by atoms with Gasteiger partial charge in [-0.2, -0.15) is 23.1 Å². The topological polar surface area (TPSA) is 92.4 Å². The van der Waals surface area contributed by atoms with Gasteiger partial charge in [0.2, 0.25) is 0 Å². The summed E-state index contributed by atoms with van der Waals surface area (Å²) in [7, 11) is 0. The number of alkyl halides is 5. The van der Waals surface area contributed by atoms with Crippen molar-refractivity contribution in [3.8, 4) is 17.3 Å². The molecule has 0 amide bonds. The molecule has 4 aliphatic heterocycles. The Bertz CT molecular complexity index is 1610. The molecule has 8 nitrogen and oxygen atoms in total. The van der Waals surface area contributed by atoms with Crippen LogP contribution in [0.25, 0.3) is 22.2 Å². The molecule has 7 rings (SSSR count). The van der Waals surface area contributed by atoms with Crippen LogP contribution in [0.4, 0.5) is 38.0 Å². The molecule has 2 bridgehead atoms. The third-order valence-electron chi connectivity index (χ3n) is 9.30. The van der Waals surface area contributed by atoms with Crippen LogP contribution in [-0.4, -0.2) is 82.6 Å². The third-order valence-corrected chi connectivity index (χ3v) is 9.59. The average molecular weight is 642 g/mol. The standard InChI is InChI=1S/C29H30ClF6N7O/c1-13-4-20(37)39-25(22(13)29(34,35)36)21-19(30)5-18-24(23(21)33)40-27(41-26(18)42-10-16-2-3-17(11-42)38-16)44-12-28-6-14(31)8-43(28)9-15(32)7-28/h4-5,14-17,38H,2-3,6-12H2,1H3,(H2,37,39)/t14-,15+,16?,17?,28?. The van der Waals surface area contributed by atoms with Crippen LogP contribution in [-0.2, 0) is 6.18 Å². The van der Waals surface area contributed by atoms with E-state index < -0.39 is 46.7 Å². The van der Waals surface area contributed by atoms with Gasteiger partial charge in [-0.15, -0.1) is 0 Å². The van der Waals surface area contributed by atoms with Crippen LogP contribution in [0.1, 0.15) is 36.8 Å². The first-order chi connectivity index (χ1) is 20.8. The molecule has 4 saturated heterocycles. The lowest BCUT2D eigenvalue weighted by molar-refractivity contribution is -0.137. The number of piperazine rings is 1. The van der Waals surface area contributed by atoms with Crippen LogP contribution < -0.4 is 20.7 Å². The maximum Gasteiger partial charge on any atom is 0.418 e. The Hall–Kier alpha value is -3.10. The van der Waals surface area contributed by atoms with Crippen molar-refractivity contribution in [3.05, 3.63) is 34.1 Å². The van der Waals surface area contributed by atoms with E-state index in [4.69, 9.17) is 22.1 Å². The van der Waals surface area contributed by atoms with Gasteiger partial charge in [0.25, 0.3) is 0 Å². The number of ether oxygens (including phenoxy) is 1. The van der Waals surface area contributed by atoms with Gasteiger partial charge in [-0.3, -0.25) is 4.90 Å². The number of fused-ring (bicyclic) bond motifs is 4. The quantitative estimate of drug-likeness (QED) is 0.366. The fourth-order valence-corrected chi connectivity index (χ4v) is 7.81. The third kappa shape index (κ3) is 4.98. The average Bonchev–Trinajstić information content (AvgIpc) is 3.52. The zero-order valence-electron chi connectivity index (χ0n) is 23.7. The summed E-state index contributed by atoms with van der Waals surface area (Å²) in [6, 6.07) is 2.49. The minimum absolute atomic E-state index is 0.0732. The highest BCUT2D eigenvalue weighted by molar-refractivity contribution is 6.34. The molecular weight excluding hydrogens is 612 g/mol. The molecule has 3 N–H and O–H groups in total. The second kappa shape index (κ2) is 10.5. The van der Waals surface area contributed by atoms with Crippen molar-refractivity contribution < 1.29 is 31.1 Å². The Balaban J connectivity index is 1.37. The number of benzene rings is 1. The Morgan fingerprint density at radius 2 is 1.70 bits per heavy atom. The fourth-order valence-electron chi connectivity index (χ4n) is 7.53. The zero-order chi connectivity index (χ0) is 31.1. The monoisotopic (exact) mass is 641 g/mol. The van der Waals surface area contributed by atoms with E-state index in [1.807, 2.05) is 4.90 Å². The minimum Gasteiger partial charge on any atom is -0.461 e. The lowest BCUT2D eigenvalue weighted by Crippen LogP contribution is -2.51. The van der Waals surface area contributed by atoms with E-state index >= 15 is 4.39 Å². The number of pyridine rings is 1. The van der Waals surface area contributed by atoms with Gasteiger partial charge in [-0.05, 0) is 37.5 Å². The smallest absolute Gasteiger partial charge is 0.418 e. The van der Waals surface area contributed by atoms with Gasteiger partial charge < -0.3 is 20.7 Å². The number of hydrogen-bond donors (Lipinski definition) is 2. The molecule has 3 unspecified atom stereocenters. The lowest BCUT2D eigenvalue weighted by Gasteiger charge is -2.34. The van der Waals surface area contributed by atoms with E-state index in [2.05, 4.69) is 20.3 Å². The number of hydrogen-bond acceptors (Lipinski definition) is 8. The van der Waals surface area contributed by atoms with Gasteiger partial charge in [0, 0.05) is 56.5 Å². The number of halogens is 7. The van der Waals surface area contributed by atoms with E-state index in [1.165, 1.54) is 13.0 Å². The molecular formula is C29H30ClF6N7O. The summed E-state index contributed by atoms with van der Waals surface area (Å²) in [6.07, 6.45) is -5.13. The van der Waals surface area contributed by atoms with Crippen molar-refractivity contribution in [1.29, 1.82) is 0 Å². The molecule has 0 spiro atoms. The largest absolute Gasteiger partial charge is 0.461 e. The van der Waals surface area contributed by atoms with E-state index in [0.717, 1.165) is 18.9 Å². The normalized spacial score (nSPS) is 28.7. The molecule has 4 fully saturated rings. The minimum atomic E-state index is -4.88. The highest BCUT2D eigenvalue weighted by Gasteiger charge is 2.53. The van der Waals surface area contributed by atoms with Gasteiger partial charge in [-0.25, -0.2) is 18.2 Å². The number of nitrogen functional groups attached to an aromatic ring is 1. The van der Waals surface area contributed by atoms with Crippen molar-refractivity contribution in [1.82, 2.24) is 25.2 Å². The summed E-state index contributed by atoms with van der Waals surface area (Å²) >= 11 is 6.54. The van der Waals surface area contributed by atoms with Crippen LogP contribution in [0.3, 0.4) is 0 Å². The van der Waals surface area contributed by atoms with E-state index in [9.17, 15) is 22.0 Å². The molecule has 236 valence electrons. The molecule has 1 aromatic carbocycles. The van der Waals surface area contributed by atoms with Gasteiger partial charge in [0.1, 0.15) is 36.1 Å². The maximum atomic E-state index is 16.6. The molecule has 0 radical (unpaired) electrons. The number of rotatable bonds is 5. The van der Waals surface area contributed by atoms with Gasteiger partial charge in [0.05, 0.1) is 27.4 Å². The zero-order valence-corrected chi connectivity index (χ0v) is 24.5. The molecule has 5 atom stereocenters. The second-order valence-electron chi connectivity index (χ2n) is 12.4. The predicted molar refractivity (Wildman–Crippen MR) is 153 cm³/mol. The van der Waals surface area contributed by atoms with Gasteiger partial charge >= 0.3 is 12.2 Å². The SMILES string of the molecule is Cc1cc(N)nc(-c2c(Cl)cc3c(N4CC5CCC(C4)N5)nc(OCC45C[C@H](F)CN4C[C@H](F)C5)nc3c2F)c1C(F)(F)F. The number of aryl methyl sites for hydroxylation is 1. The lowest BCUT2D eigenvalue weighted by atomic mass is 9.94. The van der Waals surface area contributed by atoms with E-state index in [-0.39, 0.29) is 77.9 Å². The maximum absolute atomic E-state index is 16.6. The van der Waals surface area contributed by atoms with E-state index in [1.54, 1.807) is 4.90 Å². The summed E-state index contributed by atoms with van der Waals surface area (Å²) in [4.78, 5) is 16.5. The molecule has 4 aliphatic rings. The van der Waals surface area contributed by atoms with Crippen LogP contribution in [0.5, 0.6) is 6.01 Å². The van der Waals surface area contributed by atoms with Crippen molar-refractivity contribution in [2.75, 3.05) is 43.4 Å². The van der Waals surface area contributed by atoms with E-state index in [0.29, 0.717) is 18.9 Å². The first kappa shape index (κ1) is 29.6. The Morgan fingerprint density at radius 1 is 1.05 bits per heavy atom. The highest BCUT2D eigenvalue weighted by atomic mass is 35.5. The van der Waals surface area contributed by atoms with Gasteiger partial charge in [0.15, 0.2) is 5.82 Å². The molecule has 0 aliphatic carbocycles. The molecule has 44 heavy (non-hydrogen) atoms. The predicted octanol–water partition coefficient (Wildman–Crippen LogP) is 5.24. The fraction of sp³-hybridized carbons (Fsp3) is 0.552. The molecule has 15 heteroatoms. The molecule has 0 saturated carbocycles. The molecule has 3 aromatic rings. The summed E-state index contributed by atoms with van der Waals surface area (Å²) in [5.41, 5.74) is 1.82. The number of aromatic nitrogens is 3. The Morgan fingerprint density at radius 3 is 2.34 bits per heavy atom. The number of nitrogens with one attached hydrogen (secondary N) is 1. The Labute approximate surface area is 253 Å². The van der Waals surface area contributed by atoms with Gasteiger partial charge in [-0.1, -0.05) is 11.6 Å². The van der Waals surface area contributed by atoms with Crippen LogP contribution >= 0.6 is 11.6 Å². The molecule has 2 aromatic heterocycles. The van der Waals surface area contributed by atoms with Crippen molar-refractivity contribution in [3.63, 3.8) is 0 Å². The van der Waals surface area contributed by atoms with Crippen LogP contribution in [0.2, 0.25) is 5.02 Å². The Kier molecular flexibility index (Phi) is 7.05. The highest BCUT2D eigenvalue weighted by Crippen LogP contribution is 2.45. The summed E-state index contributed by atoms with van der Waals surface area (Å²) in [6.45, 7) is 2.33. The summed E-state index contributed by atoms with van der Waals surface area (Å²) < 4.78 is 94.0. The second-order valence-corrected chi connectivity index (χ2v) is 12.8. The van der Waals surface area contributed by atoms with Crippen molar-refractivity contribution >= 4 is 34.1 Å². The van der Waals surface area contributed by atoms with Crippen molar-refractivity contribution in [2.45, 2.75) is 68.7 Å². The van der Waals surface area contributed by atoms with Crippen LogP contribution in [0, 0.1) is 12.7 Å². The number of nitrogens with two attached hydrogens (primary N) is 1. The van der Waals surface area contributed by atoms with Crippen molar-refractivity contribution in [2.24, 2.45) is 0 Å².